The summed E-state index contributed by atoms with van der Waals surface area (Å²) in [5, 5.41) is 3.39. The average Bonchev–Trinajstić information content (AvgIpc) is 3.09. The molecule has 1 N–H and O–H groups in total. The summed E-state index contributed by atoms with van der Waals surface area (Å²) in [5.74, 6) is -1.09. The largest absolute Gasteiger partial charge is 0.491 e. The van der Waals surface area contributed by atoms with Gasteiger partial charge in [0.15, 0.2) is 11.6 Å². The number of nitrogens with one attached hydrogen (secondary N) is 1. The third-order valence-corrected chi connectivity index (χ3v) is 2.73. The van der Waals surface area contributed by atoms with E-state index >= 15 is 0 Å². The standard InChI is InChI=1S/C13H17F2NO/c14-10-3-6-13(12(15)9-10)17-8-2-1-7-16-11-4-5-11/h3,6,9,11,16H,1-2,4-5,7-8H2. The van der Waals surface area contributed by atoms with Crippen LogP contribution in [0.4, 0.5) is 8.78 Å². The lowest BCUT2D eigenvalue weighted by Crippen LogP contribution is -2.17. The molecule has 1 aromatic carbocycles. The molecule has 1 aliphatic carbocycles. The fraction of sp³-hybridized carbons (Fsp3) is 0.538. The van der Waals surface area contributed by atoms with Crippen LogP contribution in [-0.4, -0.2) is 19.2 Å². The predicted octanol–water partition coefficient (Wildman–Crippen LogP) is 2.88. The molecule has 0 unspecified atom stereocenters. The second-order valence-electron chi connectivity index (χ2n) is 4.36. The first-order valence-corrected chi connectivity index (χ1v) is 6.07. The summed E-state index contributed by atoms with van der Waals surface area (Å²) in [7, 11) is 0. The van der Waals surface area contributed by atoms with Gasteiger partial charge in [0.25, 0.3) is 0 Å². The van der Waals surface area contributed by atoms with Gasteiger partial charge in [0.05, 0.1) is 6.61 Å². The van der Waals surface area contributed by atoms with E-state index in [-0.39, 0.29) is 5.75 Å². The van der Waals surface area contributed by atoms with E-state index in [1.807, 2.05) is 0 Å². The Labute approximate surface area is 100.0 Å². The van der Waals surface area contributed by atoms with Crippen LogP contribution >= 0.6 is 0 Å². The van der Waals surface area contributed by atoms with E-state index in [0.717, 1.165) is 31.5 Å². The van der Waals surface area contributed by atoms with E-state index in [9.17, 15) is 8.78 Å². The van der Waals surface area contributed by atoms with Gasteiger partial charge in [-0.3, -0.25) is 0 Å². The Hall–Kier alpha value is -1.16. The van der Waals surface area contributed by atoms with Crippen molar-refractivity contribution in [2.75, 3.05) is 13.2 Å². The quantitative estimate of drug-likeness (QED) is 0.741. The molecule has 0 bridgehead atoms. The Morgan fingerprint density at radius 1 is 1.24 bits per heavy atom. The molecule has 0 spiro atoms. The fourth-order valence-corrected chi connectivity index (χ4v) is 1.60. The lowest BCUT2D eigenvalue weighted by Gasteiger charge is -2.07. The van der Waals surface area contributed by atoms with Gasteiger partial charge in [-0.2, -0.15) is 0 Å². The van der Waals surface area contributed by atoms with E-state index in [4.69, 9.17) is 4.74 Å². The summed E-state index contributed by atoms with van der Waals surface area (Å²) in [4.78, 5) is 0. The molecule has 1 fully saturated rings. The normalized spacial score (nSPS) is 14.9. The second kappa shape index (κ2) is 5.96. The van der Waals surface area contributed by atoms with Crippen LogP contribution in [-0.2, 0) is 0 Å². The van der Waals surface area contributed by atoms with Gasteiger partial charge >= 0.3 is 0 Å². The molecule has 0 aliphatic heterocycles. The van der Waals surface area contributed by atoms with Gasteiger partial charge in [0, 0.05) is 12.1 Å². The van der Waals surface area contributed by atoms with Gasteiger partial charge in [-0.25, -0.2) is 8.78 Å². The first kappa shape index (κ1) is 12.3. The number of benzene rings is 1. The molecule has 2 nitrogen and oxygen atoms in total. The van der Waals surface area contributed by atoms with Crippen molar-refractivity contribution in [2.24, 2.45) is 0 Å². The predicted molar refractivity (Wildman–Crippen MR) is 62.1 cm³/mol. The van der Waals surface area contributed by atoms with E-state index in [1.165, 1.54) is 25.0 Å². The van der Waals surface area contributed by atoms with Gasteiger partial charge in [0.2, 0.25) is 0 Å². The van der Waals surface area contributed by atoms with Crippen molar-refractivity contribution in [3.8, 4) is 5.75 Å². The van der Waals surface area contributed by atoms with Crippen molar-refractivity contribution in [1.29, 1.82) is 0 Å². The molecule has 0 aromatic heterocycles. The van der Waals surface area contributed by atoms with Crippen molar-refractivity contribution in [3.63, 3.8) is 0 Å². The summed E-state index contributed by atoms with van der Waals surface area (Å²) in [6, 6.07) is 4.09. The lowest BCUT2D eigenvalue weighted by molar-refractivity contribution is 0.290. The molecule has 4 heteroatoms. The fourth-order valence-electron chi connectivity index (χ4n) is 1.60. The number of ether oxygens (including phenoxy) is 1. The van der Waals surface area contributed by atoms with Gasteiger partial charge in [-0.1, -0.05) is 0 Å². The highest BCUT2D eigenvalue weighted by Gasteiger charge is 2.19. The summed E-state index contributed by atoms with van der Waals surface area (Å²) in [5.41, 5.74) is 0. The molecular formula is C13H17F2NO. The summed E-state index contributed by atoms with van der Waals surface area (Å²) in [6.45, 7) is 1.45. The first-order valence-electron chi connectivity index (χ1n) is 6.07. The Kier molecular flexibility index (Phi) is 4.31. The molecule has 0 heterocycles. The summed E-state index contributed by atoms with van der Waals surface area (Å²) >= 11 is 0. The van der Waals surface area contributed by atoms with Crippen molar-refractivity contribution in [1.82, 2.24) is 5.32 Å². The molecule has 0 atom stereocenters. The van der Waals surface area contributed by atoms with Gasteiger partial charge in [-0.15, -0.1) is 0 Å². The minimum atomic E-state index is -0.638. The molecule has 0 radical (unpaired) electrons. The van der Waals surface area contributed by atoms with E-state index < -0.39 is 11.6 Å². The smallest absolute Gasteiger partial charge is 0.167 e. The Morgan fingerprint density at radius 3 is 2.76 bits per heavy atom. The highest BCUT2D eigenvalue weighted by molar-refractivity contribution is 5.24. The molecular weight excluding hydrogens is 224 g/mol. The molecule has 0 saturated heterocycles. The number of rotatable bonds is 7. The van der Waals surface area contributed by atoms with Crippen LogP contribution in [0, 0.1) is 11.6 Å². The molecule has 1 aliphatic rings. The topological polar surface area (TPSA) is 21.3 Å². The van der Waals surface area contributed by atoms with Gasteiger partial charge in [-0.05, 0) is 44.4 Å². The van der Waals surface area contributed by atoms with Crippen molar-refractivity contribution in [2.45, 2.75) is 31.7 Å². The summed E-state index contributed by atoms with van der Waals surface area (Å²) < 4.78 is 31.0. The molecule has 1 saturated carbocycles. The number of hydrogen-bond donors (Lipinski definition) is 1. The maximum absolute atomic E-state index is 13.2. The molecule has 2 rings (SSSR count). The van der Waals surface area contributed by atoms with Crippen molar-refractivity contribution < 1.29 is 13.5 Å². The maximum Gasteiger partial charge on any atom is 0.167 e. The van der Waals surface area contributed by atoms with Crippen LogP contribution < -0.4 is 10.1 Å². The van der Waals surface area contributed by atoms with E-state index in [0.29, 0.717) is 6.61 Å². The minimum absolute atomic E-state index is 0.126. The minimum Gasteiger partial charge on any atom is -0.491 e. The number of hydrogen-bond acceptors (Lipinski definition) is 2. The van der Waals surface area contributed by atoms with Crippen molar-refractivity contribution in [3.05, 3.63) is 29.8 Å². The maximum atomic E-state index is 13.2. The highest BCUT2D eigenvalue weighted by Crippen LogP contribution is 2.19. The monoisotopic (exact) mass is 241 g/mol. The van der Waals surface area contributed by atoms with Crippen LogP contribution in [0.1, 0.15) is 25.7 Å². The zero-order valence-electron chi connectivity index (χ0n) is 9.72. The highest BCUT2D eigenvalue weighted by atomic mass is 19.1. The molecule has 1 aromatic rings. The summed E-state index contributed by atoms with van der Waals surface area (Å²) in [6.07, 6.45) is 4.46. The lowest BCUT2D eigenvalue weighted by atomic mass is 10.3. The molecule has 0 amide bonds. The van der Waals surface area contributed by atoms with Crippen LogP contribution in [0.3, 0.4) is 0 Å². The third-order valence-electron chi connectivity index (χ3n) is 2.73. The van der Waals surface area contributed by atoms with Crippen molar-refractivity contribution >= 4 is 0 Å². The van der Waals surface area contributed by atoms with Crippen LogP contribution in [0.5, 0.6) is 5.75 Å². The zero-order chi connectivity index (χ0) is 12.1. The Balaban J connectivity index is 1.60. The van der Waals surface area contributed by atoms with E-state index in [2.05, 4.69) is 5.32 Å². The van der Waals surface area contributed by atoms with Crippen LogP contribution in [0.25, 0.3) is 0 Å². The van der Waals surface area contributed by atoms with Gasteiger partial charge < -0.3 is 10.1 Å². The second-order valence-corrected chi connectivity index (χ2v) is 4.36. The Morgan fingerprint density at radius 2 is 2.06 bits per heavy atom. The molecule has 17 heavy (non-hydrogen) atoms. The first-order chi connectivity index (χ1) is 8.25. The van der Waals surface area contributed by atoms with Crippen LogP contribution in [0.15, 0.2) is 18.2 Å². The molecule has 94 valence electrons. The zero-order valence-corrected chi connectivity index (χ0v) is 9.72. The van der Waals surface area contributed by atoms with Gasteiger partial charge in [0.1, 0.15) is 5.82 Å². The number of halogens is 2. The van der Waals surface area contributed by atoms with E-state index in [1.54, 1.807) is 0 Å². The third kappa shape index (κ3) is 4.30. The van der Waals surface area contributed by atoms with Crippen LogP contribution in [0.2, 0.25) is 0 Å². The number of unbranched alkanes of at least 4 members (excludes halogenated alkanes) is 1. The average molecular weight is 241 g/mol. The Bertz CT molecular complexity index is 366. The SMILES string of the molecule is Fc1ccc(OCCCCNC2CC2)c(F)c1.